The standard InChI is InChI=1S/C13H19IN2O3/c1-3-13(4-2,9-17)8-15-12-6-5-10(16(18)19)7-11(12)14/h5-7,15,17H,3-4,8-9H2,1-2H3. The summed E-state index contributed by atoms with van der Waals surface area (Å²) >= 11 is 2.08. The smallest absolute Gasteiger partial charge is 0.270 e. The SMILES string of the molecule is CCC(CC)(CO)CNc1ccc([N+](=O)[O-])cc1I. The maximum absolute atomic E-state index is 10.7. The van der Waals surface area contributed by atoms with E-state index in [-0.39, 0.29) is 17.7 Å². The second-order valence-electron chi connectivity index (χ2n) is 4.64. The van der Waals surface area contributed by atoms with Crippen LogP contribution in [0.2, 0.25) is 0 Å². The molecule has 5 nitrogen and oxygen atoms in total. The molecule has 6 heteroatoms. The van der Waals surface area contributed by atoms with E-state index in [4.69, 9.17) is 0 Å². The molecular weight excluding hydrogens is 359 g/mol. The molecule has 0 amide bonds. The van der Waals surface area contributed by atoms with E-state index in [0.29, 0.717) is 6.54 Å². The summed E-state index contributed by atoms with van der Waals surface area (Å²) in [6.45, 7) is 4.91. The molecule has 1 aromatic carbocycles. The Morgan fingerprint density at radius 1 is 1.42 bits per heavy atom. The molecule has 0 aliphatic heterocycles. The molecule has 0 fully saturated rings. The van der Waals surface area contributed by atoms with Gasteiger partial charge in [0.15, 0.2) is 0 Å². The van der Waals surface area contributed by atoms with Crippen LogP contribution in [0.15, 0.2) is 18.2 Å². The molecule has 0 aliphatic rings. The number of aliphatic hydroxyl groups is 1. The zero-order chi connectivity index (χ0) is 14.5. The van der Waals surface area contributed by atoms with Crippen molar-refractivity contribution in [3.63, 3.8) is 0 Å². The van der Waals surface area contributed by atoms with E-state index >= 15 is 0 Å². The molecular formula is C13H19IN2O3. The molecule has 1 aromatic rings. The zero-order valence-electron chi connectivity index (χ0n) is 11.1. The number of nitrogens with one attached hydrogen (secondary N) is 1. The van der Waals surface area contributed by atoms with Crippen molar-refractivity contribution < 1.29 is 10.0 Å². The number of nitro benzene ring substituents is 1. The Balaban J connectivity index is 2.80. The normalized spacial score (nSPS) is 11.4. The number of aliphatic hydroxyl groups excluding tert-OH is 1. The highest BCUT2D eigenvalue weighted by Crippen LogP contribution is 2.28. The number of rotatable bonds is 7. The summed E-state index contributed by atoms with van der Waals surface area (Å²) in [5.41, 5.74) is 0.825. The quantitative estimate of drug-likeness (QED) is 0.433. The molecule has 0 saturated carbocycles. The highest BCUT2D eigenvalue weighted by molar-refractivity contribution is 14.1. The number of nitrogens with zero attached hydrogens (tertiary/aromatic N) is 1. The minimum Gasteiger partial charge on any atom is -0.396 e. The maximum atomic E-state index is 10.7. The second-order valence-corrected chi connectivity index (χ2v) is 5.80. The number of hydrogen-bond donors (Lipinski definition) is 2. The monoisotopic (exact) mass is 378 g/mol. The lowest BCUT2D eigenvalue weighted by Crippen LogP contribution is -2.32. The number of anilines is 1. The van der Waals surface area contributed by atoms with Crippen molar-refractivity contribution >= 4 is 34.0 Å². The second kappa shape index (κ2) is 7.04. The summed E-state index contributed by atoms with van der Waals surface area (Å²) in [5.74, 6) is 0. The van der Waals surface area contributed by atoms with Gasteiger partial charge in [-0.25, -0.2) is 0 Å². The van der Waals surface area contributed by atoms with E-state index < -0.39 is 4.92 Å². The van der Waals surface area contributed by atoms with Gasteiger partial charge < -0.3 is 10.4 Å². The molecule has 0 unspecified atom stereocenters. The number of benzene rings is 1. The molecule has 0 spiro atoms. The van der Waals surface area contributed by atoms with Crippen molar-refractivity contribution in [1.82, 2.24) is 0 Å². The van der Waals surface area contributed by atoms with Crippen LogP contribution in [-0.4, -0.2) is 23.2 Å². The van der Waals surface area contributed by atoms with E-state index in [1.807, 2.05) is 0 Å². The van der Waals surface area contributed by atoms with E-state index in [9.17, 15) is 15.2 Å². The van der Waals surface area contributed by atoms with Gasteiger partial charge in [-0.1, -0.05) is 13.8 Å². The first-order chi connectivity index (χ1) is 8.98. The molecule has 0 aliphatic carbocycles. The molecule has 19 heavy (non-hydrogen) atoms. The molecule has 0 bridgehead atoms. The fourth-order valence-electron chi connectivity index (χ4n) is 1.82. The molecule has 0 saturated heterocycles. The fourth-order valence-corrected chi connectivity index (χ4v) is 2.51. The van der Waals surface area contributed by atoms with E-state index in [1.165, 1.54) is 6.07 Å². The summed E-state index contributed by atoms with van der Waals surface area (Å²) in [6.07, 6.45) is 1.77. The van der Waals surface area contributed by atoms with Crippen LogP contribution in [0.25, 0.3) is 0 Å². The van der Waals surface area contributed by atoms with Gasteiger partial charge in [0, 0.05) is 33.4 Å². The average Bonchev–Trinajstić information content (AvgIpc) is 2.42. The lowest BCUT2D eigenvalue weighted by molar-refractivity contribution is -0.384. The lowest BCUT2D eigenvalue weighted by Gasteiger charge is -2.30. The average molecular weight is 378 g/mol. The Morgan fingerprint density at radius 2 is 2.05 bits per heavy atom. The summed E-state index contributed by atoms with van der Waals surface area (Å²) in [5, 5.41) is 23.5. The first-order valence-electron chi connectivity index (χ1n) is 6.26. The third kappa shape index (κ3) is 4.04. The predicted molar refractivity (Wildman–Crippen MR) is 84.4 cm³/mol. The zero-order valence-corrected chi connectivity index (χ0v) is 13.3. The van der Waals surface area contributed by atoms with Gasteiger partial charge in [-0.3, -0.25) is 10.1 Å². The number of halogens is 1. The predicted octanol–water partition coefficient (Wildman–Crippen LogP) is 3.41. The molecule has 0 radical (unpaired) electrons. The summed E-state index contributed by atoms with van der Waals surface area (Å²) in [4.78, 5) is 10.3. The largest absolute Gasteiger partial charge is 0.396 e. The van der Waals surface area contributed by atoms with Crippen molar-refractivity contribution in [2.75, 3.05) is 18.5 Å². The van der Waals surface area contributed by atoms with Gasteiger partial charge >= 0.3 is 0 Å². The lowest BCUT2D eigenvalue weighted by atomic mass is 9.83. The van der Waals surface area contributed by atoms with Crippen LogP contribution < -0.4 is 5.32 Å². The van der Waals surface area contributed by atoms with Gasteiger partial charge in [0.2, 0.25) is 0 Å². The third-order valence-corrected chi connectivity index (χ3v) is 4.55. The van der Waals surface area contributed by atoms with Crippen molar-refractivity contribution in [2.24, 2.45) is 5.41 Å². The van der Waals surface area contributed by atoms with Crippen LogP contribution in [-0.2, 0) is 0 Å². The highest BCUT2D eigenvalue weighted by atomic mass is 127. The van der Waals surface area contributed by atoms with E-state index in [0.717, 1.165) is 22.1 Å². The van der Waals surface area contributed by atoms with Gasteiger partial charge in [0.1, 0.15) is 0 Å². The van der Waals surface area contributed by atoms with Crippen molar-refractivity contribution in [3.8, 4) is 0 Å². The Labute approximate surface area is 126 Å². The summed E-state index contributed by atoms with van der Waals surface area (Å²) in [7, 11) is 0. The molecule has 0 aromatic heterocycles. The number of non-ortho nitro benzene ring substituents is 1. The van der Waals surface area contributed by atoms with Gasteiger partial charge in [-0.15, -0.1) is 0 Å². The van der Waals surface area contributed by atoms with Crippen molar-refractivity contribution in [3.05, 3.63) is 31.9 Å². The third-order valence-electron chi connectivity index (χ3n) is 3.65. The fraction of sp³-hybridized carbons (Fsp3) is 0.538. The highest BCUT2D eigenvalue weighted by Gasteiger charge is 2.25. The van der Waals surface area contributed by atoms with Crippen LogP contribution in [0.5, 0.6) is 0 Å². The molecule has 106 valence electrons. The van der Waals surface area contributed by atoms with Gasteiger partial charge in [-0.2, -0.15) is 0 Å². The number of hydrogen-bond acceptors (Lipinski definition) is 4. The van der Waals surface area contributed by atoms with Crippen molar-refractivity contribution in [1.29, 1.82) is 0 Å². The first-order valence-corrected chi connectivity index (χ1v) is 7.34. The Kier molecular flexibility index (Phi) is 5.99. The van der Waals surface area contributed by atoms with Crippen LogP contribution in [0.1, 0.15) is 26.7 Å². The minimum atomic E-state index is -0.401. The molecule has 0 heterocycles. The van der Waals surface area contributed by atoms with Crippen LogP contribution in [0.3, 0.4) is 0 Å². The Morgan fingerprint density at radius 3 is 2.47 bits per heavy atom. The van der Waals surface area contributed by atoms with Crippen molar-refractivity contribution in [2.45, 2.75) is 26.7 Å². The van der Waals surface area contributed by atoms with Crippen LogP contribution >= 0.6 is 22.6 Å². The van der Waals surface area contributed by atoms with E-state index in [2.05, 4.69) is 41.8 Å². The molecule has 1 rings (SSSR count). The first kappa shape index (κ1) is 16.2. The van der Waals surface area contributed by atoms with Gasteiger partial charge in [0.25, 0.3) is 5.69 Å². The van der Waals surface area contributed by atoms with Crippen LogP contribution in [0.4, 0.5) is 11.4 Å². The minimum absolute atomic E-state index is 0.0920. The van der Waals surface area contributed by atoms with Crippen LogP contribution in [0, 0.1) is 19.1 Å². The Hall–Kier alpha value is -0.890. The Bertz CT molecular complexity index is 439. The summed E-state index contributed by atoms with van der Waals surface area (Å²) in [6, 6.07) is 4.75. The number of nitro groups is 1. The maximum Gasteiger partial charge on any atom is 0.270 e. The van der Waals surface area contributed by atoms with E-state index in [1.54, 1.807) is 12.1 Å². The molecule has 2 N–H and O–H groups in total. The van der Waals surface area contributed by atoms with Gasteiger partial charge in [0.05, 0.1) is 11.5 Å². The topological polar surface area (TPSA) is 75.4 Å². The van der Waals surface area contributed by atoms with Gasteiger partial charge in [-0.05, 0) is 41.5 Å². The molecule has 0 atom stereocenters. The summed E-state index contributed by atoms with van der Waals surface area (Å²) < 4.78 is 0.811.